The third-order valence-electron chi connectivity index (χ3n) is 7.08. The standard InChI is InChI=1S/C21H27N2.C7H6.2C5H5NO.2ClH.Ru/c1-14-9-16(3)20(17(4)10-14)22-7-8-23(13-22)21-18(5)11-15(2)12-19(21)6;1-7-5-3-2-4-6-7;2*7-5-1-3-6-4-2-5;;;/h9-13H,7-8H2,1-6H3;1-6H;2*1-4H,(H,6,7);2*1H;/q-1;;;;;;+2/p-2. The summed E-state index contributed by atoms with van der Waals surface area (Å²) in [5.41, 5.74) is 12.0. The van der Waals surface area contributed by atoms with E-state index in [4.69, 9.17) is 19.4 Å². The number of aromatic amines is 2. The van der Waals surface area contributed by atoms with Gasteiger partial charge in [-0.1, -0.05) is 35.4 Å². The molecule has 0 radical (unpaired) electrons. The first kappa shape index (κ1) is 37.7. The molecule has 0 bridgehead atoms. The van der Waals surface area contributed by atoms with Gasteiger partial charge in [0.25, 0.3) is 0 Å². The normalized spacial score (nSPS) is 12.0. The topological polar surface area (TPSA) is 72.2 Å². The first-order chi connectivity index (χ1) is 22.4. The molecule has 1 saturated heterocycles. The fourth-order valence-corrected chi connectivity index (χ4v) is 7.27. The van der Waals surface area contributed by atoms with Crippen molar-refractivity contribution in [3.8, 4) is 0 Å². The van der Waals surface area contributed by atoms with Crippen molar-refractivity contribution in [1.29, 1.82) is 0 Å². The van der Waals surface area contributed by atoms with E-state index in [0.29, 0.717) is 0 Å². The number of rotatable bonds is 3. The zero-order valence-electron chi connectivity index (χ0n) is 27.7. The summed E-state index contributed by atoms with van der Waals surface area (Å²) in [7, 11) is 11.3. The Labute approximate surface area is 291 Å². The van der Waals surface area contributed by atoms with Crippen LogP contribution in [0.5, 0.6) is 0 Å². The number of anilines is 2. The first-order valence-electron chi connectivity index (χ1n) is 15.1. The summed E-state index contributed by atoms with van der Waals surface area (Å²) in [6, 6.07) is 24.9. The number of benzene rings is 3. The van der Waals surface area contributed by atoms with Crippen LogP contribution in [0.1, 0.15) is 38.9 Å². The summed E-state index contributed by atoms with van der Waals surface area (Å²) in [6.07, 6.45) is 6.40. The van der Waals surface area contributed by atoms with Crippen molar-refractivity contribution >= 4 is 35.4 Å². The molecule has 3 aromatic carbocycles. The van der Waals surface area contributed by atoms with E-state index in [-0.39, 0.29) is 10.9 Å². The average molecular weight is 760 g/mol. The molecule has 1 fully saturated rings. The zero-order valence-corrected chi connectivity index (χ0v) is 31.0. The van der Waals surface area contributed by atoms with Crippen molar-refractivity contribution in [1.82, 2.24) is 9.97 Å². The summed E-state index contributed by atoms with van der Waals surface area (Å²) in [5.74, 6) is 0. The molecule has 0 spiro atoms. The number of nitrogens with zero attached hydrogens (tertiary/aromatic N) is 2. The SMILES string of the molecule is Cc1cc(C)c(N2[CH-]N(c3c(C)cc(C)cc3C)CC2)c(C)c1.O=c1cc[nH]cc1.O=c1cc[nH]cc1.[Cl][Ru]([Cl])=[CH]c1ccccc1. The molecular weight excluding hydrogens is 716 g/mol. The third kappa shape index (κ3) is 12.7. The second kappa shape index (κ2) is 19.2. The third-order valence-corrected chi connectivity index (χ3v) is 8.95. The van der Waals surface area contributed by atoms with Crippen LogP contribution in [0.25, 0.3) is 0 Å². The molecule has 3 heterocycles. The summed E-state index contributed by atoms with van der Waals surface area (Å²) in [6.45, 7) is 17.6. The van der Waals surface area contributed by atoms with Crippen molar-refractivity contribution in [3.05, 3.63) is 170 Å². The van der Waals surface area contributed by atoms with Gasteiger partial charge in [0.05, 0.1) is 0 Å². The molecule has 0 amide bonds. The molecule has 2 aromatic heterocycles. The van der Waals surface area contributed by atoms with E-state index in [9.17, 15) is 9.59 Å². The minimum atomic E-state index is -1.61. The maximum absolute atomic E-state index is 10.2. The fourth-order valence-electron chi connectivity index (χ4n) is 5.44. The number of hydrogen-bond acceptors (Lipinski definition) is 4. The molecule has 250 valence electrons. The van der Waals surface area contributed by atoms with Crippen LogP contribution in [-0.2, 0) is 13.5 Å². The molecular formula is C38H43Cl2N4O2Ru-. The van der Waals surface area contributed by atoms with Crippen molar-refractivity contribution < 1.29 is 13.5 Å². The van der Waals surface area contributed by atoms with Gasteiger partial charge in [-0.3, -0.25) is 9.59 Å². The fraction of sp³-hybridized carbons (Fsp3) is 0.211. The van der Waals surface area contributed by atoms with E-state index in [1.165, 1.54) is 69.0 Å². The van der Waals surface area contributed by atoms with E-state index in [1.807, 2.05) is 34.9 Å². The van der Waals surface area contributed by atoms with E-state index < -0.39 is 13.5 Å². The van der Waals surface area contributed by atoms with E-state index >= 15 is 0 Å². The summed E-state index contributed by atoms with van der Waals surface area (Å²) < 4.78 is 1.92. The number of hydrogen-bond donors (Lipinski definition) is 2. The van der Waals surface area contributed by atoms with Crippen LogP contribution >= 0.6 is 19.4 Å². The molecule has 47 heavy (non-hydrogen) atoms. The van der Waals surface area contributed by atoms with Crippen LogP contribution in [0, 0.1) is 48.2 Å². The zero-order chi connectivity index (χ0) is 34.3. The predicted octanol–water partition coefficient (Wildman–Crippen LogP) is 8.50. The molecule has 0 saturated carbocycles. The Morgan fingerprint density at radius 3 is 1.28 bits per heavy atom. The quantitative estimate of drug-likeness (QED) is 0.143. The summed E-state index contributed by atoms with van der Waals surface area (Å²) >= 11 is -1.61. The van der Waals surface area contributed by atoms with Gasteiger partial charge in [-0.05, 0) is 63.8 Å². The molecule has 5 aromatic rings. The Morgan fingerprint density at radius 2 is 0.979 bits per heavy atom. The van der Waals surface area contributed by atoms with Gasteiger partial charge in [0, 0.05) is 73.5 Å². The second-order valence-corrected chi connectivity index (χ2v) is 16.9. The van der Waals surface area contributed by atoms with Crippen LogP contribution < -0.4 is 20.7 Å². The molecule has 1 aliphatic rings. The van der Waals surface area contributed by atoms with Crippen molar-refractivity contribution in [2.75, 3.05) is 22.9 Å². The number of aryl methyl sites for hydroxylation is 6. The van der Waals surface area contributed by atoms with Gasteiger partial charge in [0.2, 0.25) is 0 Å². The molecule has 6 rings (SSSR count). The predicted molar refractivity (Wildman–Crippen MR) is 198 cm³/mol. The summed E-state index contributed by atoms with van der Waals surface area (Å²) in [4.78, 5) is 30.8. The molecule has 1 aliphatic heterocycles. The Bertz CT molecular complexity index is 1680. The van der Waals surface area contributed by atoms with Crippen LogP contribution in [0.2, 0.25) is 0 Å². The van der Waals surface area contributed by atoms with Crippen LogP contribution in [0.3, 0.4) is 0 Å². The molecule has 0 aliphatic carbocycles. The minimum absolute atomic E-state index is 0.0405. The molecule has 0 unspecified atom stereocenters. The number of pyridine rings is 2. The van der Waals surface area contributed by atoms with E-state index in [2.05, 4.69) is 92.2 Å². The number of aromatic nitrogens is 2. The van der Waals surface area contributed by atoms with Gasteiger partial charge < -0.3 is 19.8 Å². The van der Waals surface area contributed by atoms with Gasteiger partial charge in [0.15, 0.2) is 10.9 Å². The van der Waals surface area contributed by atoms with Crippen LogP contribution in [0.15, 0.2) is 113 Å². The van der Waals surface area contributed by atoms with Gasteiger partial charge >= 0.3 is 73.4 Å². The number of halogens is 2. The molecule has 2 N–H and O–H groups in total. The summed E-state index contributed by atoms with van der Waals surface area (Å²) in [5, 5.41) is 0. The number of H-pyrrole nitrogens is 2. The maximum atomic E-state index is 10.2. The molecule has 0 atom stereocenters. The Balaban J connectivity index is 0.000000204. The van der Waals surface area contributed by atoms with Crippen molar-refractivity contribution in [2.45, 2.75) is 41.5 Å². The van der Waals surface area contributed by atoms with Gasteiger partial charge in [-0.2, -0.15) is 6.67 Å². The first-order valence-corrected chi connectivity index (χ1v) is 20.6. The van der Waals surface area contributed by atoms with E-state index in [1.54, 1.807) is 24.8 Å². The van der Waals surface area contributed by atoms with Crippen molar-refractivity contribution in [2.24, 2.45) is 0 Å². The van der Waals surface area contributed by atoms with Crippen LogP contribution in [-0.4, -0.2) is 27.7 Å². The van der Waals surface area contributed by atoms with Crippen LogP contribution in [0.4, 0.5) is 11.4 Å². The van der Waals surface area contributed by atoms with Gasteiger partial charge in [-0.15, -0.1) is 0 Å². The Hall–Kier alpha value is -3.77. The van der Waals surface area contributed by atoms with Gasteiger partial charge in [-0.25, -0.2) is 0 Å². The average Bonchev–Trinajstić information content (AvgIpc) is 3.47. The molecule has 6 nitrogen and oxygen atoms in total. The monoisotopic (exact) mass is 759 g/mol. The van der Waals surface area contributed by atoms with Crippen molar-refractivity contribution in [3.63, 3.8) is 0 Å². The molecule has 9 heteroatoms. The van der Waals surface area contributed by atoms with Gasteiger partial charge in [0.1, 0.15) is 0 Å². The second-order valence-electron chi connectivity index (χ2n) is 11.2. The number of nitrogens with one attached hydrogen (secondary N) is 2. The van der Waals surface area contributed by atoms with E-state index in [0.717, 1.165) is 18.7 Å². The Kier molecular flexibility index (Phi) is 15.4. The Morgan fingerprint density at radius 1 is 0.617 bits per heavy atom.